The van der Waals surface area contributed by atoms with Crippen LogP contribution in [0, 0.1) is 0 Å². The van der Waals surface area contributed by atoms with Gasteiger partial charge in [0.15, 0.2) is 0 Å². The normalized spacial score (nSPS) is 10.1. The van der Waals surface area contributed by atoms with Crippen molar-refractivity contribution in [2.75, 3.05) is 11.9 Å². The van der Waals surface area contributed by atoms with Gasteiger partial charge in [-0.3, -0.25) is 9.78 Å². The SMILES string of the molecule is CCc1ccccc1NCCC(=O)NCc1cccnc1. The first kappa shape index (κ1) is 15.0. The maximum Gasteiger partial charge on any atom is 0.222 e. The number of carbonyl (C=O) groups excluding carboxylic acids is 1. The van der Waals surface area contributed by atoms with Gasteiger partial charge in [-0.25, -0.2) is 0 Å². The minimum Gasteiger partial charge on any atom is -0.384 e. The summed E-state index contributed by atoms with van der Waals surface area (Å²) in [6.07, 6.45) is 4.92. The number of nitrogens with zero attached hydrogens (tertiary/aromatic N) is 1. The van der Waals surface area contributed by atoms with Crippen LogP contribution in [0.1, 0.15) is 24.5 Å². The van der Waals surface area contributed by atoms with Crippen molar-refractivity contribution in [1.82, 2.24) is 10.3 Å². The smallest absolute Gasteiger partial charge is 0.222 e. The van der Waals surface area contributed by atoms with E-state index in [1.807, 2.05) is 30.3 Å². The number of nitrogens with one attached hydrogen (secondary N) is 2. The van der Waals surface area contributed by atoms with Crippen molar-refractivity contribution >= 4 is 11.6 Å². The van der Waals surface area contributed by atoms with E-state index < -0.39 is 0 Å². The molecule has 0 bridgehead atoms. The standard InChI is InChI=1S/C17H21N3O/c1-2-15-7-3-4-8-16(15)19-11-9-17(21)20-13-14-6-5-10-18-12-14/h3-8,10,12,19H,2,9,11,13H2,1H3,(H,20,21). The predicted octanol–water partition coefficient (Wildman–Crippen LogP) is 2.76. The predicted molar refractivity (Wildman–Crippen MR) is 85.0 cm³/mol. The molecule has 0 saturated heterocycles. The molecule has 1 aromatic carbocycles. The second kappa shape index (κ2) is 8.04. The van der Waals surface area contributed by atoms with E-state index >= 15 is 0 Å². The molecule has 110 valence electrons. The van der Waals surface area contributed by atoms with Gasteiger partial charge in [-0.1, -0.05) is 31.2 Å². The van der Waals surface area contributed by atoms with E-state index in [4.69, 9.17) is 0 Å². The van der Waals surface area contributed by atoms with E-state index in [1.165, 1.54) is 5.56 Å². The van der Waals surface area contributed by atoms with E-state index in [9.17, 15) is 4.79 Å². The van der Waals surface area contributed by atoms with E-state index in [2.05, 4.69) is 28.6 Å². The summed E-state index contributed by atoms with van der Waals surface area (Å²) in [6, 6.07) is 12.0. The lowest BCUT2D eigenvalue weighted by Crippen LogP contribution is -2.25. The molecule has 1 heterocycles. The van der Waals surface area contributed by atoms with Gasteiger partial charge in [0.25, 0.3) is 0 Å². The summed E-state index contributed by atoms with van der Waals surface area (Å²) < 4.78 is 0. The summed E-state index contributed by atoms with van der Waals surface area (Å²) in [7, 11) is 0. The van der Waals surface area contributed by atoms with E-state index in [0.29, 0.717) is 19.5 Å². The molecule has 21 heavy (non-hydrogen) atoms. The molecular formula is C17H21N3O. The number of aromatic nitrogens is 1. The average Bonchev–Trinajstić information content (AvgIpc) is 2.54. The Hall–Kier alpha value is -2.36. The number of benzene rings is 1. The van der Waals surface area contributed by atoms with Crippen molar-refractivity contribution in [1.29, 1.82) is 0 Å². The van der Waals surface area contributed by atoms with Crippen LogP contribution in [0.3, 0.4) is 0 Å². The number of anilines is 1. The van der Waals surface area contributed by atoms with Crippen molar-refractivity contribution in [3.05, 3.63) is 59.9 Å². The summed E-state index contributed by atoms with van der Waals surface area (Å²) in [5, 5.41) is 6.21. The third-order valence-electron chi connectivity index (χ3n) is 3.28. The van der Waals surface area contributed by atoms with Crippen molar-refractivity contribution in [2.24, 2.45) is 0 Å². The Morgan fingerprint density at radius 1 is 1.19 bits per heavy atom. The van der Waals surface area contributed by atoms with Gasteiger partial charge in [0, 0.05) is 37.6 Å². The molecule has 2 N–H and O–H groups in total. The number of rotatable bonds is 7. The van der Waals surface area contributed by atoms with Crippen LogP contribution in [-0.2, 0) is 17.8 Å². The van der Waals surface area contributed by atoms with Crippen molar-refractivity contribution in [2.45, 2.75) is 26.3 Å². The molecule has 4 nitrogen and oxygen atoms in total. The Bertz CT molecular complexity index is 569. The summed E-state index contributed by atoms with van der Waals surface area (Å²) in [4.78, 5) is 15.8. The summed E-state index contributed by atoms with van der Waals surface area (Å²) in [5.41, 5.74) is 3.39. The second-order valence-electron chi connectivity index (χ2n) is 4.83. The van der Waals surface area contributed by atoms with Gasteiger partial charge in [-0.2, -0.15) is 0 Å². The lowest BCUT2D eigenvalue weighted by Gasteiger charge is -2.10. The Morgan fingerprint density at radius 3 is 2.81 bits per heavy atom. The Morgan fingerprint density at radius 2 is 2.05 bits per heavy atom. The fraction of sp³-hybridized carbons (Fsp3) is 0.294. The Balaban J connectivity index is 1.72. The van der Waals surface area contributed by atoms with Gasteiger partial charge in [0.1, 0.15) is 0 Å². The molecule has 1 aromatic heterocycles. The minimum atomic E-state index is 0.0420. The summed E-state index contributed by atoms with van der Waals surface area (Å²) in [6.45, 7) is 3.29. The topological polar surface area (TPSA) is 54.0 Å². The average molecular weight is 283 g/mol. The van der Waals surface area contributed by atoms with Gasteiger partial charge in [-0.15, -0.1) is 0 Å². The fourth-order valence-corrected chi connectivity index (χ4v) is 2.10. The molecule has 0 saturated carbocycles. The van der Waals surface area contributed by atoms with E-state index in [1.54, 1.807) is 12.4 Å². The van der Waals surface area contributed by atoms with Crippen LogP contribution in [0.2, 0.25) is 0 Å². The lowest BCUT2D eigenvalue weighted by molar-refractivity contribution is -0.121. The molecule has 4 heteroatoms. The van der Waals surface area contributed by atoms with Crippen molar-refractivity contribution < 1.29 is 4.79 Å². The maximum absolute atomic E-state index is 11.8. The third-order valence-corrected chi connectivity index (χ3v) is 3.28. The molecule has 0 unspecified atom stereocenters. The second-order valence-corrected chi connectivity index (χ2v) is 4.83. The molecule has 0 radical (unpaired) electrons. The van der Waals surface area contributed by atoms with Gasteiger partial charge >= 0.3 is 0 Å². The maximum atomic E-state index is 11.8. The lowest BCUT2D eigenvalue weighted by atomic mass is 10.1. The molecule has 2 rings (SSSR count). The first-order valence-electron chi connectivity index (χ1n) is 7.27. The molecule has 0 spiro atoms. The summed E-state index contributed by atoms with van der Waals surface area (Å²) in [5.74, 6) is 0.0420. The van der Waals surface area contributed by atoms with Crippen molar-refractivity contribution in [3.63, 3.8) is 0 Å². The van der Waals surface area contributed by atoms with Crippen LogP contribution in [-0.4, -0.2) is 17.4 Å². The molecule has 2 aromatic rings. The molecular weight excluding hydrogens is 262 g/mol. The third kappa shape index (κ3) is 4.91. The first-order valence-corrected chi connectivity index (χ1v) is 7.27. The number of amides is 1. The molecule has 0 aliphatic carbocycles. The quantitative estimate of drug-likeness (QED) is 0.821. The molecule has 0 aliphatic heterocycles. The van der Waals surface area contributed by atoms with Gasteiger partial charge in [0.05, 0.1) is 0 Å². The molecule has 0 fully saturated rings. The minimum absolute atomic E-state index is 0.0420. The van der Waals surface area contributed by atoms with Crippen LogP contribution < -0.4 is 10.6 Å². The molecule has 0 atom stereocenters. The largest absolute Gasteiger partial charge is 0.384 e. The van der Waals surface area contributed by atoms with Crippen LogP contribution in [0.25, 0.3) is 0 Å². The number of aryl methyl sites for hydroxylation is 1. The van der Waals surface area contributed by atoms with Crippen LogP contribution in [0.15, 0.2) is 48.8 Å². The highest BCUT2D eigenvalue weighted by Crippen LogP contribution is 2.14. The Kier molecular flexibility index (Phi) is 5.76. The van der Waals surface area contributed by atoms with Crippen LogP contribution in [0.4, 0.5) is 5.69 Å². The number of carbonyl (C=O) groups is 1. The highest BCUT2D eigenvalue weighted by atomic mass is 16.1. The van der Waals surface area contributed by atoms with E-state index in [-0.39, 0.29) is 5.91 Å². The van der Waals surface area contributed by atoms with Gasteiger partial charge < -0.3 is 10.6 Å². The zero-order valence-corrected chi connectivity index (χ0v) is 12.3. The van der Waals surface area contributed by atoms with E-state index in [0.717, 1.165) is 17.7 Å². The zero-order valence-electron chi connectivity index (χ0n) is 12.3. The first-order chi connectivity index (χ1) is 10.3. The van der Waals surface area contributed by atoms with Gasteiger partial charge in [-0.05, 0) is 29.7 Å². The molecule has 0 aliphatic rings. The monoisotopic (exact) mass is 283 g/mol. The van der Waals surface area contributed by atoms with Crippen LogP contribution >= 0.6 is 0 Å². The number of hydrogen-bond acceptors (Lipinski definition) is 3. The van der Waals surface area contributed by atoms with Crippen LogP contribution in [0.5, 0.6) is 0 Å². The fourth-order valence-electron chi connectivity index (χ4n) is 2.10. The Labute approximate surface area is 125 Å². The zero-order chi connectivity index (χ0) is 14.9. The van der Waals surface area contributed by atoms with Gasteiger partial charge in [0.2, 0.25) is 5.91 Å². The number of para-hydroxylation sites is 1. The number of hydrogen-bond donors (Lipinski definition) is 2. The van der Waals surface area contributed by atoms with Crippen molar-refractivity contribution in [3.8, 4) is 0 Å². The molecule has 1 amide bonds. The summed E-state index contributed by atoms with van der Waals surface area (Å²) >= 11 is 0. The highest BCUT2D eigenvalue weighted by Gasteiger charge is 2.03. The number of pyridine rings is 1. The highest BCUT2D eigenvalue weighted by molar-refractivity contribution is 5.76.